The molecule has 1 aliphatic heterocycles. The Bertz CT molecular complexity index is 207. The second-order valence-corrected chi connectivity index (χ2v) is 2.42. The average Bonchev–Trinajstić information content (AvgIpc) is 1.86. The van der Waals surface area contributed by atoms with Crippen molar-refractivity contribution >= 4 is 0 Å². The van der Waals surface area contributed by atoms with E-state index in [2.05, 4.69) is 0 Å². The molecule has 0 aromatic heterocycles. The molecule has 2 aliphatic rings. The first-order chi connectivity index (χ1) is 4.79. The predicted molar refractivity (Wildman–Crippen MR) is 33.8 cm³/mol. The predicted octanol–water partition coefficient (Wildman–Crippen LogP) is 0.523. The second-order valence-electron chi connectivity index (χ2n) is 2.42. The van der Waals surface area contributed by atoms with E-state index in [0.717, 1.165) is 5.76 Å². The highest BCUT2D eigenvalue weighted by molar-refractivity contribution is 5.20. The summed E-state index contributed by atoms with van der Waals surface area (Å²) in [4.78, 5) is 0. The molecule has 0 saturated carbocycles. The van der Waals surface area contributed by atoms with Gasteiger partial charge in [-0.3, -0.25) is 0 Å². The molecule has 3 heteroatoms. The number of ether oxygens (including phenoxy) is 2. The molecule has 1 saturated heterocycles. The molecule has 10 heavy (non-hydrogen) atoms. The Balaban J connectivity index is 2.29. The van der Waals surface area contributed by atoms with E-state index in [9.17, 15) is 5.11 Å². The fraction of sp³-hybridized carbons (Fsp3) is 0.429. The fourth-order valence-corrected chi connectivity index (χ4v) is 1.08. The first-order valence-electron chi connectivity index (χ1n) is 3.16. The van der Waals surface area contributed by atoms with Crippen LogP contribution in [0.25, 0.3) is 0 Å². The summed E-state index contributed by atoms with van der Waals surface area (Å²) in [5, 5.41) is 9.47. The Morgan fingerprint density at radius 2 is 2.50 bits per heavy atom. The maximum atomic E-state index is 9.47. The molecule has 1 N–H and O–H groups in total. The van der Waals surface area contributed by atoms with Crippen molar-refractivity contribution in [2.45, 2.75) is 12.2 Å². The van der Waals surface area contributed by atoms with Crippen molar-refractivity contribution in [2.24, 2.45) is 0 Å². The van der Waals surface area contributed by atoms with Crippen LogP contribution in [0.3, 0.4) is 0 Å². The lowest BCUT2D eigenvalue weighted by molar-refractivity contribution is -0.243. The van der Waals surface area contributed by atoms with Crippen LogP contribution < -0.4 is 0 Å². The molecule has 0 amide bonds. The third-order valence-electron chi connectivity index (χ3n) is 1.62. The highest BCUT2D eigenvalue weighted by Gasteiger charge is 2.32. The van der Waals surface area contributed by atoms with Gasteiger partial charge in [0.2, 0.25) is 0 Å². The van der Waals surface area contributed by atoms with Gasteiger partial charge in [0.25, 0.3) is 0 Å². The minimum absolute atomic E-state index is 0.146. The molecule has 54 valence electrons. The zero-order chi connectivity index (χ0) is 7.03. The molecule has 1 atom stereocenters. The summed E-state index contributed by atoms with van der Waals surface area (Å²) in [7, 11) is 0. The maximum absolute atomic E-state index is 9.47. The molecule has 1 unspecified atom stereocenters. The van der Waals surface area contributed by atoms with Crippen molar-refractivity contribution < 1.29 is 14.6 Å². The van der Waals surface area contributed by atoms with Crippen molar-refractivity contribution in [1.29, 1.82) is 0 Å². The summed E-state index contributed by atoms with van der Waals surface area (Å²) in [5.41, 5.74) is 0. The lowest BCUT2D eigenvalue weighted by atomic mass is 10.1. The minimum Gasteiger partial charge on any atom is -0.472 e. The van der Waals surface area contributed by atoms with Crippen LogP contribution in [-0.4, -0.2) is 17.7 Å². The summed E-state index contributed by atoms with van der Waals surface area (Å²) in [6.07, 6.45) is 5.62. The van der Waals surface area contributed by atoms with Crippen LogP contribution in [0.15, 0.2) is 24.0 Å². The summed E-state index contributed by atoms with van der Waals surface area (Å²) < 4.78 is 9.98. The molecule has 0 aromatic rings. The Hall–Kier alpha value is -0.800. The zero-order valence-corrected chi connectivity index (χ0v) is 5.41. The van der Waals surface area contributed by atoms with Crippen molar-refractivity contribution in [2.75, 3.05) is 6.79 Å². The van der Waals surface area contributed by atoms with Gasteiger partial charge in [-0.25, -0.2) is 0 Å². The topological polar surface area (TPSA) is 38.7 Å². The quantitative estimate of drug-likeness (QED) is 0.533. The molecule has 1 fully saturated rings. The van der Waals surface area contributed by atoms with Gasteiger partial charge in [0.05, 0.1) is 6.42 Å². The van der Waals surface area contributed by atoms with Crippen LogP contribution in [0, 0.1) is 0 Å². The number of hydrogen-bond donors (Lipinski definition) is 1. The van der Waals surface area contributed by atoms with E-state index in [0.29, 0.717) is 6.42 Å². The van der Waals surface area contributed by atoms with Gasteiger partial charge in [0.15, 0.2) is 12.6 Å². The Kier molecular flexibility index (Phi) is 1.09. The van der Waals surface area contributed by atoms with Gasteiger partial charge in [-0.15, -0.1) is 0 Å². The van der Waals surface area contributed by atoms with Gasteiger partial charge in [-0.1, -0.05) is 6.08 Å². The summed E-state index contributed by atoms with van der Waals surface area (Å²) >= 11 is 0. The smallest absolute Gasteiger partial charge is 0.196 e. The van der Waals surface area contributed by atoms with E-state index in [-0.39, 0.29) is 6.79 Å². The first-order valence-corrected chi connectivity index (χ1v) is 3.16. The van der Waals surface area contributed by atoms with Crippen LogP contribution in [0.2, 0.25) is 0 Å². The molecule has 0 radical (unpaired) electrons. The van der Waals surface area contributed by atoms with Crippen LogP contribution in [-0.2, 0) is 9.47 Å². The third-order valence-corrected chi connectivity index (χ3v) is 1.62. The monoisotopic (exact) mass is 140 g/mol. The van der Waals surface area contributed by atoms with Crippen LogP contribution in [0.5, 0.6) is 0 Å². The Morgan fingerprint density at radius 1 is 1.60 bits per heavy atom. The molecule has 2 bridgehead atoms. The van der Waals surface area contributed by atoms with E-state index in [4.69, 9.17) is 9.47 Å². The highest BCUT2D eigenvalue weighted by atomic mass is 16.7. The van der Waals surface area contributed by atoms with Crippen molar-refractivity contribution in [3.63, 3.8) is 0 Å². The molecule has 0 spiro atoms. The fourth-order valence-electron chi connectivity index (χ4n) is 1.08. The standard InChI is InChI=1S/C7H8O3/c8-7-3-1-2-6(4-7)9-5-10-7/h1-3,8H,4-5H2. The molecule has 1 aliphatic carbocycles. The van der Waals surface area contributed by atoms with E-state index in [1.165, 1.54) is 0 Å². The van der Waals surface area contributed by atoms with Gasteiger partial charge in [-0.2, -0.15) is 0 Å². The Morgan fingerprint density at radius 3 is 3.20 bits per heavy atom. The second kappa shape index (κ2) is 1.84. The molecule has 0 aromatic carbocycles. The van der Waals surface area contributed by atoms with Gasteiger partial charge in [-0.05, 0) is 12.2 Å². The van der Waals surface area contributed by atoms with Gasteiger partial charge in [0, 0.05) is 0 Å². The lowest BCUT2D eigenvalue weighted by Gasteiger charge is -2.32. The molecule has 1 heterocycles. The van der Waals surface area contributed by atoms with Crippen molar-refractivity contribution in [3.05, 3.63) is 24.0 Å². The van der Waals surface area contributed by atoms with Crippen LogP contribution >= 0.6 is 0 Å². The van der Waals surface area contributed by atoms with Crippen molar-refractivity contribution in [1.82, 2.24) is 0 Å². The van der Waals surface area contributed by atoms with Crippen LogP contribution in [0.1, 0.15) is 6.42 Å². The lowest BCUT2D eigenvalue weighted by Crippen LogP contribution is -2.37. The number of rotatable bonds is 0. The van der Waals surface area contributed by atoms with Gasteiger partial charge >= 0.3 is 0 Å². The zero-order valence-electron chi connectivity index (χ0n) is 5.41. The average molecular weight is 140 g/mol. The Labute approximate surface area is 58.6 Å². The maximum Gasteiger partial charge on any atom is 0.196 e. The largest absolute Gasteiger partial charge is 0.472 e. The molecule has 3 nitrogen and oxygen atoms in total. The highest BCUT2D eigenvalue weighted by Crippen LogP contribution is 2.28. The number of hydrogen-bond acceptors (Lipinski definition) is 3. The normalized spacial score (nSPS) is 36.7. The molecular formula is C7H8O3. The molecular weight excluding hydrogens is 132 g/mol. The first kappa shape index (κ1) is 5.95. The van der Waals surface area contributed by atoms with Crippen LogP contribution in [0.4, 0.5) is 0 Å². The summed E-state index contributed by atoms with van der Waals surface area (Å²) in [6, 6.07) is 0. The SMILES string of the molecule is OC12C=CC=C(C1)OCO2. The minimum atomic E-state index is -1.09. The van der Waals surface area contributed by atoms with E-state index >= 15 is 0 Å². The number of aliphatic hydroxyl groups is 1. The van der Waals surface area contributed by atoms with Gasteiger partial charge in [0.1, 0.15) is 5.76 Å². The van der Waals surface area contributed by atoms with E-state index in [1.54, 1.807) is 12.2 Å². The van der Waals surface area contributed by atoms with E-state index in [1.807, 2.05) is 6.08 Å². The van der Waals surface area contributed by atoms with Gasteiger partial charge < -0.3 is 14.6 Å². The number of fused-ring (bicyclic) bond motifs is 2. The third kappa shape index (κ3) is 0.836. The number of allylic oxidation sites excluding steroid dienone is 2. The van der Waals surface area contributed by atoms with E-state index < -0.39 is 5.79 Å². The van der Waals surface area contributed by atoms with Crippen molar-refractivity contribution in [3.8, 4) is 0 Å². The summed E-state index contributed by atoms with van der Waals surface area (Å²) in [6.45, 7) is 0.146. The molecule has 2 rings (SSSR count). The summed E-state index contributed by atoms with van der Waals surface area (Å²) in [5.74, 6) is -0.307.